The lowest BCUT2D eigenvalue weighted by atomic mass is 9.73. The van der Waals surface area contributed by atoms with Crippen LogP contribution >= 0.6 is 0 Å². The van der Waals surface area contributed by atoms with Crippen molar-refractivity contribution in [2.24, 2.45) is 11.3 Å². The molecule has 4 rings (SSSR count). The van der Waals surface area contributed by atoms with Crippen molar-refractivity contribution in [3.63, 3.8) is 0 Å². The first-order valence-corrected chi connectivity index (χ1v) is 11.0. The van der Waals surface area contributed by atoms with E-state index in [1.807, 2.05) is 4.90 Å². The zero-order valence-corrected chi connectivity index (χ0v) is 19.1. The molecule has 0 saturated carbocycles. The van der Waals surface area contributed by atoms with E-state index in [2.05, 4.69) is 0 Å². The van der Waals surface area contributed by atoms with Crippen molar-refractivity contribution in [2.75, 3.05) is 51.9 Å². The van der Waals surface area contributed by atoms with Crippen LogP contribution in [-0.2, 0) is 10.9 Å². The molecule has 0 aromatic heterocycles. The second kappa shape index (κ2) is 9.18. The Bertz CT molecular complexity index is 1100. The second-order valence-electron chi connectivity index (χ2n) is 8.96. The fraction of sp³-hybridized carbons (Fsp3) is 0.440. The van der Waals surface area contributed by atoms with Gasteiger partial charge in [-0.25, -0.2) is 0 Å². The molecule has 9 heteroatoms. The molecule has 0 bridgehead atoms. The van der Waals surface area contributed by atoms with Gasteiger partial charge in [0.25, 0.3) is 5.91 Å². The number of methoxy groups -OCH3 is 2. The molecule has 2 fully saturated rings. The van der Waals surface area contributed by atoms with Crippen molar-refractivity contribution in [3.05, 3.63) is 59.2 Å². The zero-order valence-electron chi connectivity index (χ0n) is 19.1. The molecule has 2 aliphatic heterocycles. The van der Waals surface area contributed by atoms with Crippen LogP contribution in [0.3, 0.4) is 0 Å². The number of rotatable bonds is 5. The highest BCUT2D eigenvalue weighted by Crippen LogP contribution is 2.45. The third-order valence-corrected chi connectivity index (χ3v) is 6.92. The van der Waals surface area contributed by atoms with Crippen LogP contribution in [0.2, 0.25) is 0 Å². The summed E-state index contributed by atoms with van der Waals surface area (Å²) >= 11 is 0. The van der Waals surface area contributed by atoms with Crippen molar-refractivity contribution in [1.29, 1.82) is 5.26 Å². The van der Waals surface area contributed by atoms with E-state index >= 15 is 0 Å². The summed E-state index contributed by atoms with van der Waals surface area (Å²) in [5, 5.41) is 9.10. The number of halogens is 3. The first-order valence-electron chi connectivity index (χ1n) is 11.0. The number of hydrogen-bond donors (Lipinski definition) is 0. The number of carbonyl (C=O) groups excluding carboxylic acids is 1. The van der Waals surface area contributed by atoms with Crippen LogP contribution in [0.4, 0.5) is 18.9 Å². The number of alkyl halides is 3. The smallest absolute Gasteiger partial charge is 0.417 e. The van der Waals surface area contributed by atoms with Gasteiger partial charge in [0.05, 0.1) is 30.9 Å². The van der Waals surface area contributed by atoms with Crippen LogP contribution < -0.4 is 9.64 Å². The Morgan fingerprint density at radius 3 is 2.53 bits per heavy atom. The second-order valence-corrected chi connectivity index (χ2v) is 8.96. The van der Waals surface area contributed by atoms with Crippen molar-refractivity contribution >= 4 is 11.6 Å². The van der Waals surface area contributed by atoms with E-state index in [0.29, 0.717) is 49.8 Å². The lowest BCUT2D eigenvalue weighted by molar-refractivity contribution is -0.137. The third kappa shape index (κ3) is 4.42. The SMILES string of the molecule is COC[C@@]12CN(C(=O)c3ccc(OC)cc3)CC[C@@H]1CN(c1ccc(C#N)c(C(F)(F)F)c1)C2. The van der Waals surface area contributed by atoms with E-state index in [-0.39, 0.29) is 11.8 Å². The average Bonchev–Trinajstić information content (AvgIpc) is 3.21. The van der Waals surface area contributed by atoms with Gasteiger partial charge in [0.15, 0.2) is 0 Å². The molecule has 6 nitrogen and oxygen atoms in total. The van der Waals surface area contributed by atoms with Gasteiger partial charge < -0.3 is 19.3 Å². The number of nitriles is 1. The molecular weight excluding hydrogens is 447 g/mol. The Hall–Kier alpha value is -3.25. The van der Waals surface area contributed by atoms with Crippen molar-refractivity contribution < 1.29 is 27.4 Å². The molecule has 2 aliphatic rings. The summed E-state index contributed by atoms with van der Waals surface area (Å²) < 4.78 is 51.2. The normalized spacial score (nSPS) is 22.3. The van der Waals surface area contributed by atoms with E-state index in [4.69, 9.17) is 14.7 Å². The number of ether oxygens (including phenoxy) is 2. The fourth-order valence-electron chi connectivity index (χ4n) is 5.22. The number of anilines is 1. The van der Waals surface area contributed by atoms with E-state index in [1.165, 1.54) is 6.07 Å². The number of likely N-dealkylation sites (tertiary alicyclic amines) is 1. The highest BCUT2D eigenvalue weighted by molar-refractivity contribution is 5.94. The lowest BCUT2D eigenvalue weighted by Gasteiger charge is -2.43. The van der Waals surface area contributed by atoms with E-state index in [9.17, 15) is 18.0 Å². The highest BCUT2D eigenvalue weighted by Gasteiger charge is 2.51. The van der Waals surface area contributed by atoms with Gasteiger partial charge in [-0.3, -0.25) is 4.79 Å². The quantitative estimate of drug-likeness (QED) is 0.651. The molecule has 1 amide bonds. The Kier molecular flexibility index (Phi) is 6.45. The van der Waals surface area contributed by atoms with Crippen LogP contribution in [0.1, 0.15) is 27.9 Å². The van der Waals surface area contributed by atoms with Crippen LogP contribution in [0.25, 0.3) is 0 Å². The van der Waals surface area contributed by atoms with Gasteiger partial charge in [-0.1, -0.05) is 0 Å². The Morgan fingerprint density at radius 2 is 1.91 bits per heavy atom. The summed E-state index contributed by atoms with van der Waals surface area (Å²) in [6, 6.07) is 12.4. The molecule has 2 aromatic rings. The largest absolute Gasteiger partial charge is 0.497 e. The van der Waals surface area contributed by atoms with Crippen LogP contribution in [0, 0.1) is 22.7 Å². The monoisotopic (exact) mass is 473 g/mol. The number of benzene rings is 2. The molecule has 180 valence electrons. The van der Waals surface area contributed by atoms with Gasteiger partial charge in [-0.2, -0.15) is 18.4 Å². The summed E-state index contributed by atoms with van der Waals surface area (Å²) in [4.78, 5) is 16.9. The maximum Gasteiger partial charge on any atom is 0.417 e. The third-order valence-electron chi connectivity index (χ3n) is 6.92. The number of hydrogen-bond acceptors (Lipinski definition) is 5. The van der Waals surface area contributed by atoms with E-state index < -0.39 is 22.7 Å². The van der Waals surface area contributed by atoms with Gasteiger partial charge >= 0.3 is 6.18 Å². The average molecular weight is 473 g/mol. The summed E-state index contributed by atoms with van der Waals surface area (Å²) in [5.74, 6) is 0.739. The Morgan fingerprint density at radius 1 is 1.18 bits per heavy atom. The predicted octanol–water partition coefficient (Wildman–Crippen LogP) is 4.20. The standard InChI is InChI=1S/C25H26F3N3O3/c1-33-16-24-14-30(23(32)17-4-7-21(34-2)8-5-17)10-9-19(24)13-31(15-24)20-6-3-18(12-29)22(11-20)25(26,27)28/h3-8,11,19H,9-10,13-16H2,1-2H3/t19-,24+/m1/s1. The highest BCUT2D eigenvalue weighted by atomic mass is 19.4. The molecule has 0 spiro atoms. The molecule has 0 radical (unpaired) electrons. The summed E-state index contributed by atoms with van der Waals surface area (Å²) in [5.41, 5.74) is -0.746. The molecule has 34 heavy (non-hydrogen) atoms. The van der Waals surface area contributed by atoms with Crippen LogP contribution in [0.15, 0.2) is 42.5 Å². The van der Waals surface area contributed by atoms with Gasteiger partial charge in [0.1, 0.15) is 5.75 Å². The number of piperidine rings is 1. The van der Waals surface area contributed by atoms with Crippen molar-refractivity contribution in [1.82, 2.24) is 4.90 Å². The summed E-state index contributed by atoms with van der Waals surface area (Å²) in [7, 11) is 3.16. The molecule has 2 aromatic carbocycles. The molecule has 0 N–H and O–H groups in total. The number of nitrogens with zero attached hydrogens (tertiary/aromatic N) is 3. The maximum atomic E-state index is 13.5. The molecule has 2 heterocycles. The molecular formula is C25H26F3N3O3. The van der Waals surface area contributed by atoms with Crippen molar-refractivity contribution in [3.8, 4) is 11.8 Å². The van der Waals surface area contributed by atoms with Gasteiger partial charge in [0, 0.05) is 50.0 Å². The minimum Gasteiger partial charge on any atom is -0.497 e. The number of amides is 1. The molecule has 2 atom stereocenters. The van der Waals surface area contributed by atoms with Crippen LogP contribution in [-0.4, -0.2) is 57.8 Å². The molecule has 0 unspecified atom stereocenters. The van der Waals surface area contributed by atoms with E-state index in [1.54, 1.807) is 55.5 Å². The lowest BCUT2D eigenvalue weighted by Crippen LogP contribution is -2.53. The zero-order chi connectivity index (χ0) is 24.5. The van der Waals surface area contributed by atoms with E-state index in [0.717, 1.165) is 12.5 Å². The van der Waals surface area contributed by atoms with Gasteiger partial charge in [-0.05, 0) is 54.8 Å². The molecule has 0 aliphatic carbocycles. The summed E-state index contributed by atoms with van der Waals surface area (Å²) in [6.07, 6.45) is -3.89. The predicted molar refractivity (Wildman–Crippen MR) is 120 cm³/mol. The maximum absolute atomic E-state index is 13.5. The Labute approximate surface area is 196 Å². The van der Waals surface area contributed by atoms with Gasteiger partial charge in [0.2, 0.25) is 0 Å². The topological polar surface area (TPSA) is 65.8 Å². The first-order chi connectivity index (χ1) is 16.2. The molecule has 2 saturated heterocycles. The first kappa shape index (κ1) is 23.9. The van der Waals surface area contributed by atoms with Crippen LogP contribution in [0.5, 0.6) is 5.75 Å². The fourth-order valence-corrected chi connectivity index (χ4v) is 5.22. The van der Waals surface area contributed by atoms with Crippen molar-refractivity contribution in [2.45, 2.75) is 12.6 Å². The Balaban J connectivity index is 1.58. The minimum absolute atomic E-state index is 0.0900. The minimum atomic E-state index is -4.61. The number of carbonyl (C=O) groups is 1. The summed E-state index contributed by atoms with van der Waals surface area (Å²) in [6.45, 7) is 2.44. The van der Waals surface area contributed by atoms with Gasteiger partial charge in [-0.15, -0.1) is 0 Å². The number of fused-ring (bicyclic) bond motifs is 1.